The molecule has 37 heavy (non-hydrogen) atoms. The van der Waals surface area contributed by atoms with Crippen LogP contribution in [0.4, 0.5) is 11.4 Å². The third-order valence-electron chi connectivity index (χ3n) is 7.38. The van der Waals surface area contributed by atoms with Crippen LogP contribution in [0.25, 0.3) is 0 Å². The molecule has 1 saturated heterocycles. The van der Waals surface area contributed by atoms with Crippen LogP contribution in [0.1, 0.15) is 28.7 Å². The third-order valence-corrected chi connectivity index (χ3v) is 7.38. The number of benzene rings is 3. The van der Waals surface area contributed by atoms with Gasteiger partial charge in [-0.05, 0) is 62.1 Å². The number of amides is 2. The van der Waals surface area contributed by atoms with E-state index in [9.17, 15) is 14.7 Å². The van der Waals surface area contributed by atoms with Gasteiger partial charge in [0.05, 0.1) is 25.8 Å². The van der Waals surface area contributed by atoms with E-state index in [0.29, 0.717) is 30.0 Å². The van der Waals surface area contributed by atoms with Crippen LogP contribution in [0, 0.1) is 19.8 Å². The quantitative estimate of drug-likeness (QED) is 0.406. The molecule has 3 aromatic carbocycles. The molecule has 1 fully saturated rings. The van der Waals surface area contributed by atoms with Crippen molar-refractivity contribution in [3.05, 3.63) is 76.9 Å². The van der Waals surface area contributed by atoms with E-state index in [1.807, 2.05) is 38.1 Å². The van der Waals surface area contributed by atoms with Crippen molar-refractivity contribution in [3.8, 4) is 17.2 Å². The van der Waals surface area contributed by atoms with Crippen LogP contribution in [0.15, 0.2) is 54.6 Å². The molecule has 0 bridgehead atoms. The predicted molar refractivity (Wildman–Crippen MR) is 141 cm³/mol. The Hall–Kier alpha value is -4.04. The van der Waals surface area contributed by atoms with Gasteiger partial charge in [-0.3, -0.25) is 14.9 Å². The van der Waals surface area contributed by atoms with Crippen molar-refractivity contribution < 1.29 is 24.2 Å². The lowest BCUT2D eigenvalue weighted by Crippen LogP contribution is -2.52. The van der Waals surface area contributed by atoms with Crippen LogP contribution in [0.3, 0.4) is 0 Å². The molecule has 4 N–H and O–H groups in total. The number of rotatable bonds is 6. The summed E-state index contributed by atoms with van der Waals surface area (Å²) < 4.78 is 10.8. The standard InChI is InChI=1S/C29H31N3O5/c1-16-11-17(2)26-22(12-16)29(28(35)31-26)23(14-19(32-29)13-18-5-7-20(33)8-6-18)27(34)30-24-15-21(36-3)9-10-25(24)37-4/h5-12,15,19,23,32-33H,13-14H2,1-4H3,(H,30,34)(H,31,35)/t19-,23+,29-/m1/s1. The summed E-state index contributed by atoms with van der Waals surface area (Å²) in [6.07, 6.45) is 1.04. The van der Waals surface area contributed by atoms with E-state index in [2.05, 4.69) is 16.0 Å². The number of phenols is 1. The second-order valence-corrected chi connectivity index (χ2v) is 9.82. The van der Waals surface area contributed by atoms with Gasteiger partial charge in [-0.15, -0.1) is 0 Å². The SMILES string of the molecule is COc1ccc(OC)c(NC(=O)[C@@H]2C[C@@H](Cc3ccc(O)cc3)N[C@@]23C(=O)Nc2c(C)cc(C)cc23)c1. The molecular weight excluding hydrogens is 470 g/mol. The minimum Gasteiger partial charge on any atom is -0.508 e. The zero-order chi connectivity index (χ0) is 26.3. The number of hydrogen-bond acceptors (Lipinski definition) is 6. The maximum atomic E-state index is 14.0. The minimum absolute atomic E-state index is 0.148. The Morgan fingerprint density at radius 1 is 1.08 bits per heavy atom. The Labute approximate surface area is 216 Å². The lowest BCUT2D eigenvalue weighted by atomic mass is 9.78. The van der Waals surface area contributed by atoms with Gasteiger partial charge in [-0.2, -0.15) is 0 Å². The van der Waals surface area contributed by atoms with Crippen LogP contribution < -0.4 is 25.4 Å². The average molecular weight is 502 g/mol. The Bertz CT molecular complexity index is 1370. The topological polar surface area (TPSA) is 109 Å². The van der Waals surface area contributed by atoms with Crippen molar-refractivity contribution in [2.75, 3.05) is 24.9 Å². The van der Waals surface area contributed by atoms with E-state index in [1.54, 1.807) is 37.4 Å². The summed E-state index contributed by atoms with van der Waals surface area (Å²) in [5, 5.41) is 19.3. The number of anilines is 2. The highest BCUT2D eigenvalue weighted by molar-refractivity contribution is 6.11. The number of aryl methyl sites for hydroxylation is 2. The van der Waals surface area contributed by atoms with Crippen LogP contribution in [0.2, 0.25) is 0 Å². The number of hydrogen-bond donors (Lipinski definition) is 4. The molecule has 8 heteroatoms. The molecule has 8 nitrogen and oxygen atoms in total. The van der Waals surface area contributed by atoms with E-state index in [4.69, 9.17) is 9.47 Å². The molecule has 0 aliphatic carbocycles. The van der Waals surface area contributed by atoms with Crippen LogP contribution >= 0.6 is 0 Å². The van der Waals surface area contributed by atoms with E-state index in [1.165, 1.54) is 7.11 Å². The van der Waals surface area contributed by atoms with E-state index < -0.39 is 11.5 Å². The highest BCUT2D eigenvalue weighted by atomic mass is 16.5. The van der Waals surface area contributed by atoms with Gasteiger partial charge in [-0.25, -0.2) is 0 Å². The highest BCUT2D eigenvalue weighted by Crippen LogP contribution is 2.49. The van der Waals surface area contributed by atoms with Gasteiger partial charge in [0.15, 0.2) is 0 Å². The van der Waals surface area contributed by atoms with Crippen molar-refractivity contribution in [3.63, 3.8) is 0 Å². The van der Waals surface area contributed by atoms with Gasteiger partial charge in [0.25, 0.3) is 0 Å². The summed E-state index contributed by atoms with van der Waals surface area (Å²) in [7, 11) is 3.09. The zero-order valence-corrected chi connectivity index (χ0v) is 21.3. The molecule has 5 rings (SSSR count). The zero-order valence-electron chi connectivity index (χ0n) is 21.3. The van der Waals surface area contributed by atoms with Crippen molar-refractivity contribution >= 4 is 23.2 Å². The molecule has 1 spiro atoms. The molecule has 0 saturated carbocycles. The molecule has 0 aromatic heterocycles. The molecule has 0 radical (unpaired) electrons. The number of ether oxygens (including phenoxy) is 2. The summed E-state index contributed by atoms with van der Waals surface area (Å²) >= 11 is 0. The number of nitrogens with one attached hydrogen (secondary N) is 3. The Balaban J connectivity index is 1.55. The second-order valence-electron chi connectivity index (χ2n) is 9.82. The normalized spacial score (nSPS) is 22.0. The minimum atomic E-state index is -1.22. The van der Waals surface area contributed by atoms with Crippen LogP contribution in [-0.4, -0.2) is 37.2 Å². The molecule has 2 aliphatic heterocycles. The Morgan fingerprint density at radius 3 is 2.54 bits per heavy atom. The Kier molecular flexibility index (Phi) is 6.29. The fraction of sp³-hybridized carbons (Fsp3) is 0.310. The fourth-order valence-corrected chi connectivity index (χ4v) is 5.70. The van der Waals surface area contributed by atoms with E-state index >= 15 is 0 Å². The number of carbonyl (C=O) groups excluding carboxylic acids is 2. The van der Waals surface area contributed by atoms with E-state index in [0.717, 1.165) is 27.9 Å². The first-order valence-electron chi connectivity index (χ1n) is 12.3. The van der Waals surface area contributed by atoms with Gasteiger partial charge < -0.3 is 25.2 Å². The molecule has 192 valence electrons. The largest absolute Gasteiger partial charge is 0.508 e. The number of aromatic hydroxyl groups is 1. The summed E-state index contributed by atoms with van der Waals surface area (Å²) in [5.74, 6) is 0.0669. The van der Waals surface area contributed by atoms with Crippen molar-refractivity contribution in [2.24, 2.45) is 5.92 Å². The number of carbonyl (C=O) groups is 2. The smallest absolute Gasteiger partial charge is 0.250 e. The Morgan fingerprint density at radius 2 is 1.84 bits per heavy atom. The van der Waals surface area contributed by atoms with Crippen LogP contribution in [-0.2, 0) is 21.5 Å². The van der Waals surface area contributed by atoms with Crippen LogP contribution in [0.5, 0.6) is 17.2 Å². The van der Waals surface area contributed by atoms with Crippen molar-refractivity contribution in [2.45, 2.75) is 38.3 Å². The summed E-state index contributed by atoms with van der Waals surface area (Å²) in [6.45, 7) is 3.95. The number of phenolic OH excluding ortho intramolecular Hbond substituents is 1. The molecule has 2 amide bonds. The predicted octanol–water partition coefficient (Wildman–Crippen LogP) is 4.03. The maximum Gasteiger partial charge on any atom is 0.250 e. The number of methoxy groups -OCH3 is 2. The van der Waals surface area contributed by atoms with Gasteiger partial charge >= 0.3 is 0 Å². The number of fused-ring (bicyclic) bond motifs is 2. The highest BCUT2D eigenvalue weighted by Gasteiger charge is 2.60. The first-order chi connectivity index (χ1) is 17.7. The lowest BCUT2D eigenvalue weighted by Gasteiger charge is -2.30. The maximum absolute atomic E-state index is 14.0. The molecule has 2 aliphatic rings. The molecule has 3 aromatic rings. The van der Waals surface area contributed by atoms with Crippen molar-refractivity contribution in [1.29, 1.82) is 0 Å². The van der Waals surface area contributed by atoms with Gasteiger partial charge in [-0.1, -0.05) is 29.8 Å². The van der Waals surface area contributed by atoms with Gasteiger partial charge in [0.1, 0.15) is 22.8 Å². The van der Waals surface area contributed by atoms with Gasteiger partial charge in [0.2, 0.25) is 11.8 Å². The van der Waals surface area contributed by atoms with Crippen molar-refractivity contribution in [1.82, 2.24) is 5.32 Å². The molecule has 0 unspecified atom stereocenters. The first kappa shape index (κ1) is 24.6. The monoisotopic (exact) mass is 501 g/mol. The molecule has 2 heterocycles. The fourth-order valence-electron chi connectivity index (χ4n) is 5.70. The lowest BCUT2D eigenvalue weighted by molar-refractivity contribution is -0.130. The third kappa shape index (κ3) is 4.27. The van der Waals surface area contributed by atoms with Gasteiger partial charge in [0, 0.05) is 23.4 Å². The molecule has 3 atom stereocenters. The second kappa shape index (κ2) is 9.44. The van der Waals surface area contributed by atoms with E-state index in [-0.39, 0.29) is 23.6 Å². The summed E-state index contributed by atoms with van der Waals surface area (Å²) in [5.41, 5.74) is 3.78. The first-order valence-corrected chi connectivity index (χ1v) is 12.3. The molecular formula is C29H31N3O5. The summed E-state index contributed by atoms with van der Waals surface area (Å²) in [4.78, 5) is 27.7. The summed E-state index contributed by atoms with van der Waals surface area (Å²) in [6, 6.07) is 16.1. The average Bonchev–Trinajstić information content (AvgIpc) is 3.39.